The van der Waals surface area contributed by atoms with Crippen LogP contribution in [0.15, 0.2) is 49.4 Å². The van der Waals surface area contributed by atoms with Crippen molar-refractivity contribution in [2.24, 2.45) is 0 Å². The predicted octanol–water partition coefficient (Wildman–Crippen LogP) is 3.52. The maximum absolute atomic E-state index is 13.4. The smallest absolute Gasteiger partial charge is 0.246 e. The second kappa shape index (κ2) is 7.91. The van der Waals surface area contributed by atoms with Gasteiger partial charge in [-0.1, -0.05) is 0 Å². The molecule has 0 unspecified atom stereocenters. The Morgan fingerprint density at radius 1 is 1.15 bits per heavy atom. The lowest BCUT2D eigenvalue weighted by molar-refractivity contribution is -0.116. The number of ketones is 1. The Balaban J connectivity index is 1.36. The minimum Gasteiger partial charge on any atom is -0.326 e. The predicted molar refractivity (Wildman–Crippen MR) is 123 cm³/mol. The molecule has 1 aliphatic carbocycles. The van der Waals surface area contributed by atoms with Crippen molar-refractivity contribution in [3.05, 3.63) is 66.3 Å². The number of hydrogen-bond donors (Lipinski definition) is 1. The lowest BCUT2D eigenvalue weighted by Gasteiger charge is -2.21. The fourth-order valence-electron chi connectivity index (χ4n) is 3.86. The lowest BCUT2D eigenvalue weighted by atomic mass is 10.1. The first-order valence-electron chi connectivity index (χ1n) is 10.9. The van der Waals surface area contributed by atoms with Gasteiger partial charge < -0.3 is 9.88 Å². The van der Waals surface area contributed by atoms with Gasteiger partial charge in [-0.25, -0.2) is 9.97 Å². The van der Waals surface area contributed by atoms with Crippen molar-refractivity contribution in [3.63, 3.8) is 0 Å². The summed E-state index contributed by atoms with van der Waals surface area (Å²) in [6, 6.07) is 3.60. The van der Waals surface area contributed by atoms with Crippen molar-refractivity contribution in [2.45, 2.75) is 51.6 Å². The summed E-state index contributed by atoms with van der Waals surface area (Å²) in [5.41, 5.74) is 2.80. The van der Waals surface area contributed by atoms with Crippen LogP contribution < -0.4 is 5.32 Å². The highest BCUT2D eigenvalue weighted by atomic mass is 16.2. The number of carbonyl (C=O) groups excluding carboxylic acids is 2. The fourth-order valence-corrected chi connectivity index (χ4v) is 3.86. The number of nitrogens with one attached hydrogen (secondary N) is 1. The van der Waals surface area contributed by atoms with Crippen LogP contribution in [-0.2, 0) is 16.9 Å². The number of aromatic nitrogens is 6. The second-order valence-corrected chi connectivity index (χ2v) is 9.40. The first kappa shape index (κ1) is 21.0. The first-order chi connectivity index (χ1) is 15.8. The first-order valence-corrected chi connectivity index (χ1v) is 10.9. The minimum absolute atomic E-state index is 0.0985. The highest BCUT2D eigenvalue weighted by molar-refractivity contribution is 6.16. The summed E-state index contributed by atoms with van der Waals surface area (Å²) >= 11 is 0. The number of rotatable bonds is 6. The highest BCUT2D eigenvalue weighted by Gasteiger charge is 2.26. The molecule has 4 aromatic rings. The molecule has 0 spiro atoms. The Labute approximate surface area is 190 Å². The van der Waals surface area contributed by atoms with E-state index in [0.29, 0.717) is 33.8 Å². The van der Waals surface area contributed by atoms with E-state index in [-0.39, 0.29) is 23.8 Å². The lowest BCUT2D eigenvalue weighted by Crippen LogP contribution is -2.21. The molecule has 4 heterocycles. The van der Waals surface area contributed by atoms with Crippen LogP contribution >= 0.6 is 0 Å². The normalized spacial score (nSPS) is 13.9. The van der Waals surface area contributed by atoms with E-state index in [1.54, 1.807) is 16.9 Å². The molecule has 9 heteroatoms. The molecule has 0 saturated heterocycles. The summed E-state index contributed by atoms with van der Waals surface area (Å²) < 4.78 is 3.60. The molecule has 0 aromatic carbocycles. The molecule has 0 radical (unpaired) electrons. The van der Waals surface area contributed by atoms with Crippen LogP contribution in [0.3, 0.4) is 0 Å². The Kier molecular flexibility index (Phi) is 5.03. The number of anilines is 1. The van der Waals surface area contributed by atoms with E-state index in [1.165, 1.54) is 18.7 Å². The van der Waals surface area contributed by atoms with E-state index in [2.05, 4.69) is 25.4 Å². The quantitative estimate of drug-likeness (QED) is 0.457. The van der Waals surface area contributed by atoms with Gasteiger partial charge in [0.25, 0.3) is 0 Å². The van der Waals surface area contributed by atoms with Crippen LogP contribution in [0.5, 0.6) is 0 Å². The molecule has 168 valence electrons. The number of fused-ring (bicyclic) bond motifs is 1. The van der Waals surface area contributed by atoms with Crippen molar-refractivity contribution >= 4 is 28.4 Å². The van der Waals surface area contributed by atoms with Gasteiger partial charge in [-0.3, -0.25) is 19.3 Å². The van der Waals surface area contributed by atoms with Crippen molar-refractivity contribution in [1.82, 2.24) is 29.3 Å². The molecule has 5 rings (SSSR count). The van der Waals surface area contributed by atoms with Gasteiger partial charge in [-0.2, -0.15) is 5.10 Å². The maximum Gasteiger partial charge on any atom is 0.246 e. The molecule has 0 atom stereocenters. The van der Waals surface area contributed by atoms with Crippen LogP contribution in [-0.4, -0.2) is 41.0 Å². The number of hydrogen-bond acceptors (Lipinski definition) is 6. The zero-order valence-corrected chi connectivity index (χ0v) is 18.8. The number of pyridine rings is 1. The summed E-state index contributed by atoms with van der Waals surface area (Å²) in [4.78, 5) is 38.5. The van der Waals surface area contributed by atoms with E-state index < -0.39 is 0 Å². The minimum atomic E-state index is -0.259. The topological polar surface area (TPSA) is 108 Å². The molecule has 1 aliphatic rings. The van der Waals surface area contributed by atoms with Gasteiger partial charge in [-0.15, -0.1) is 0 Å². The van der Waals surface area contributed by atoms with Crippen LogP contribution in [0.4, 0.5) is 5.69 Å². The summed E-state index contributed by atoms with van der Waals surface area (Å²) in [6.07, 6.45) is 12.1. The second-order valence-electron chi connectivity index (χ2n) is 9.40. The average Bonchev–Trinajstić information content (AvgIpc) is 3.39. The van der Waals surface area contributed by atoms with Gasteiger partial charge in [0, 0.05) is 47.2 Å². The molecule has 1 amide bonds. The molecule has 0 aliphatic heterocycles. The summed E-state index contributed by atoms with van der Waals surface area (Å²) in [5, 5.41) is 7.95. The number of amides is 1. The summed E-state index contributed by atoms with van der Waals surface area (Å²) in [7, 11) is 0. The fraction of sp³-hybridized carbons (Fsp3) is 0.333. The number of carbonyl (C=O) groups is 2. The molecule has 1 fully saturated rings. The van der Waals surface area contributed by atoms with Crippen LogP contribution in [0, 0.1) is 0 Å². The molecular formula is C24H25N7O2. The molecule has 1 saturated carbocycles. The van der Waals surface area contributed by atoms with Crippen LogP contribution in [0.2, 0.25) is 0 Å². The van der Waals surface area contributed by atoms with Gasteiger partial charge in [0.1, 0.15) is 18.5 Å². The van der Waals surface area contributed by atoms with Gasteiger partial charge in [0.05, 0.1) is 23.1 Å². The Morgan fingerprint density at radius 3 is 2.73 bits per heavy atom. The van der Waals surface area contributed by atoms with Crippen molar-refractivity contribution in [2.75, 3.05) is 5.32 Å². The molecule has 9 nitrogen and oxygen atoms in total. The van der Waals surface area contributed by atoms with Crippen molar-refractivity contribution < 1.29 is 9.59 Å². The van der Waals surface area contributed by atoms with Crippen molar-refractivity contribution in [1.29, 1.82) is 0 Å². The molecule has 4 aromatic heterocycles. The largest absolute Gasteiger partial charge is 0.326 e. The van der Waals surface area contributed by atoms with Gasteiger partial charge in [0.2, 0.25) is 5.91 Å². The Morgan fingerprint density at radius 2 is 1.97 bits per heavy atom. The van der Waals surface area contributed by atoms with Crippen LogP contribution in [0.25, 0.3) is 11.0 Å². The Hall–Kier alpha value is -3.88. The van der Waals surface area contributed by atoms with Gasteiger partial charge in [0.15, 0.2) is 5.78 Å². The third kappa shape index (κ3) is 4.26. The third-order valence-electron chi connectivity index (χ3n) is 5.68. The van der Waals surface area contributed by atoms with E-state index in [4.69, 9.17) is 0 Å². The summed E-state index contributed by atoms with van der Waals surface area (Å²) in [6.45, 7) is 6.25. The standard InChI is InChI=1S/C24H25N7O2/c1-24(2,3)31-12-19(18-11-26-14-27-23(18)31)22(33)16-8-17(10-25-9-16)28-21(32)13-30-7-6-20(29-30)15-4-5-15/h6-12,14-15H,4-5,13H2,1-3H3,(H,28,32). The monoisotopic (exact) mass is 443 g/mol. The molecule has 1 N–H and O–H groups in total. The highest BCUT2D eigenvalue weighted by Crippen LogP contribution is 2.38. The maximum atomic E-state index is 13.4. The van der Waals surface area contributed by atoms with Gasteiger partial charge in [-0.05, 0) is 45.7 Å². The molecular weight excluding hydrogens is 418 g/mol. The zero-order valence-electron chi connectivity index (χ0n) is 18.8. The van der Waals surface area contributed by atoms with E-state index >= 15 is 0 Å². The summed E-state index contributed by atoms with van der Waals surface area (Å²) in [5.74, 6) is 0.1000. The van der Waals surface area contributed by atoms with E-state index in [9.17, 15) is 9.59 Å². The van der Waals surface area contributed by atoms with Crippen LogP contribution in [0.1, 0.15) is 61.1 Å². The number of nitrogens with zero attached hydrogens (tertiary/aromatic N) is 6. The van der Waals surface area contributed by atoms with E-state index in [0.717, 1.165) is 18.5 Å². The third-order valence-corrected chi connectivity index (χ3v) is 5.68. The SMILES string of the molecule is CC(C)(C)n1cc(C(=O)c2cncc(NC(=O)Cn3ccc(C4CC4)n3)c2)c2cncnc21. The Bertz CT molecular complexity index is 1360. The zero-order chi connectivity index (χ0) is 23.2. The van der Waals surface area contributed by atoms with E-state index in [1.807, 2.05) is 43.8 Å². The molecule has 0 bridgehead atoms. The van der Waals surface area contributed by atoms with Gasteiger partial charge >= 0.3 is 0 Å². The molecule has 33 heavy (non-hydrogen) atoms. The van der Waals surface area contributed by atoms with Crippen molar-refractivity contribution in [3.8, 4) is 0 Å². The average molecular weight is 444 g/mol.